The lowest BCUT2D eigenvalue weighted by atomic mass is 10.4. The second kappa shape index (κ2) is 20.3. The number of carbonyl (C=O) groups is 2. The Hall–Kier alpha value is -1.14. The molecule has 0 aromatic rings. The van der Waals surface area contributed by atoms with Gasteiger partial charge in [-0.2, -0.15) is 0 Å². The summed E-state index contributed by atoms with van der Waals surface area (Å²) in [5.41, 5.74) is 0. The summed E-state index contributed by atoms with van der Waals surface area (Å²) in [6.07, 6.45) is 2.56. The van der Waals surface area contributed by atoms with Gasteiger partial charge in [-0.3, -0.25) is 9.59 Å². The standard InChI is InChI=1S/C4H8O2.C4H8O.C2H4O2.CH4O/c1-3-6-4(2)5;1-2-4-5-3-1;1-2(3)4;1-2/h3H2,1-2H3;1-4H2;1H3,(H,3,4);2H,1H3. The lowest BCUT2D eigenvalue weighted by molar-refractivity contribution is -0.140. The van der Waals surface area contributed by atoms with Gasteiger partial charge in [-0.25, -0.2) is 0 Å². The van der Waals surface area contributed by atoms with E-state index >= 15 is 0 Å². The van der Waals surface area contributed by atoms with Crippen LogP contribution in [-0.2, 0) is 19.1 Å². The van der Waals surface area contributed by atoms with Crippen LogP contribution >= 0.6 is 0 Å². The van der Waals surface area contributed by atoms with Gasteiger partial charge in [-0.05, 0) is 19.8 Å². The Morgan fingerprint density at radius 3 is 1.59 bits per heavy atom. The molecule has 1 fully saturated rings. The number of carbonyl (C=O) groups excluding carboxylic acids is 1. The van der Waals surface area contributed by atoms with E-state index in [0.29, 0.717) is 6.61 Å². The van der Waals surface area contributed by atoms with Crippen LogP contribution in [0, 0.1) is 0 Å². The molecule has 0 saturated carbocycles. The van der Waals surface area contributed by atoms with Crippen molar-refractivity contribution in [2.45, 2.75) is 33.6 Å². The number of aliphatic hydroxyl groups excluding tert-OH is 1. The van der Waals surface area contributed by atoms with E-state index in [1.165, 1.54) is 19.8 Å². The van der Waals surface area contributed by atoms with Crippen molar-refractivity contribution in [1.82, 2.24) is 0 Å². The molecule has 1 aliphatic rings. The molecule has 1 rings (SSSR count). The molecule has 0 radical (unpaired) electrons. The van der Waals surface area contributed by atoms with Crippen molar-refractivity contribution in [2.24, 2.45) is 0 Å². The second-order valence-corrected chi connectivity index (χ2v) is 2.76. The number of hydrogen-bond donors (Lipinski definition) is 2. The van der Waals surface area contributed by atoms with Crippen LogP contribution in [0.25, 0.3) is 0 Å². The highest BCUT2D eigenvalue weighted by atomic mass is 16.5. The average Bonchev–Trinajstić information content (AvgIpc) is 2.77. The summed E-state index contributed by atoms with van der Waals surface area (Å²) in [6.45, 7) is 6.74. The van der Waals surface area contributed by atoms with Gasteiger partial charge in [0, 0.05) is 34.2 Å². The van der Waals surface area contributed by atoms with Crippen LogP contribution in [0.2, 0.25) is 0 Å². The molecule has 0 atom stereocenters. The first-order valence-corrected chi connectivity index (χ1v) is 5.36. The Labute approximate surface area is 103 Å². The van der Waals surface area contributed by atoms with E-state index in [9.17, 15) is 4.79 Å². The van der Waals surface area contributed by atoms with Crippen molar-refractivity contribution in [3.05, 3.63) is 0 Å². The summed E-state index contributed by atoms with van der Waals surface area (Å²) in [5.74, 6) is -1.04. The van der Waals surface area contributed by atoms with Gasteiger partial charge in [0.1, 0.15) is 0 Å². The van der Waals surface area contributed by atoms with E-state index in [1.54, 1.807) is 6.92 Å². The van der Waals surface area contributed by atoms with Crippen LogP contribution in [0.5, 0.6) is 0 Å². The minimum Gasteiger partial charge on any atom is -0.481 e. The first kappa shape index (κ1) is 21.2. The molecular weight excluding hydrogens is 228 g/mol. The maximum atomic E-state index is 9.82. The van der Waals surface area contributed by atoms with Gasteiger partial charge in [0.15, 0.2) is 0 Å². The molecule has 17 heavy (non-hydrogen) atoms. The van der Waals surface area contributed by atoms with Crippen molar-refractivity contribution in [1.29, 1.82) is 0 Å². The lowest BCUT2D eigenvalue weighted by Gasteiger charge is -1.89. The van der Waals surface area contributed by atoms with Gasteiger partial charge in [0.25, 0.3) is 5.97 Å². The molecule has 0 aromatic heterocycles. The van der Waals surface area contributed by atoms with Crippen LogP contribution in [0.15, 0.2) is 0 Å². The number of carboxylic acids is 1. The zero-order valence-electron chi connectivity index (χ0n) is 11.1. The highest BCUT2D eigenvalue weighted by molar-refractivity contribution is 5.65. The molecule has 0 aromatic carbocycles. The van der Waals surface area contributed by atoms with Crippen LogP contribution in [-0.4, -0.2) is 49.1 Å². The molecule has 6 nitrogen and oxygen atoms in total. The van der Waals surface area contributed by atoms with Crippen molar-refractivity contribution in [3.63, 3.8) is 0 Å². The SMILES string of the molecule is C1CCOC1.CC(=O)O.CCOC(C)=O.CO. The second-order valence-electron chi connectivity index (χ2n) is 2.76. The normalized spacial score (nSPS) is 11.6. The fourth-order valence-electron chi connectivity index (χ4n) is 0.714. The van der Waals surface area contributed by atoms with Crippen LogP contribution in [0.1, 0.15) is 33.6 Å². The fraction of sp³-hybridized carbons (Fsp3) is 0.818. The Morgan fingerprint density at radius 2 is 1.53 bits per heavy atom. The number of aliphatic carboxylic acids is 1. The van der Waals surface area contributed by atoms with E-state index in [0.717, 1.165) is 27.2 Å². The van der Waals surface area contributed by atoms with Crippen molar-refractivity contribution >= 4 is 11.9 Å². The van der Waals surface area contributed by atoms with E-state index in [1.807, 2.05) is 0 Å². The van der Waals surface area contributed by atoms with Gasteiger partial charge in [0.05, 0.1) is 6.61 Å². The van der Waals surface area contributed by atoms with Gasteiger partial charge >= 0.3 is 5.97 Å². The number of carboxylic acid groups (broad SMARTS) is 1. The number of rotatable bonds is 1. The molecule has 0 spiro atoms. The molecule has 1 saturated heterocycles. The largest absolute Gasteiger partial charge is 0.481 e. The minimum atomic E-state index is -0.833. The van der Waals surface area contributed by atoms with Crippen molar-refractivity contribution in [2.75, 3.05) is 26.9 Å². The number of esters is 1. The molecule has 2 N–H and O–H groups in total. The molecule has 1 heterocycles. The number of aliphatic hydroxyl groups is 1. The third-order valence-electron chi connectivity index (χ3n) is 1.17. The van der Waals surface area contributed by atoms with Crippen LogP contribution in [0.4, 0.5) is 0 Å². The van der Waals surface area contributed by atoms with Gasteiger partial charge in [-0.15, -0.1) is 0 Å². The van der Waals surface area contributed by atoms with E-state index in [4.69, 9.17) is 19.7 Å². The molecule has 0 bridgehead atoms. The average molecular weight is 252 g/mol. The van der Waals surface area contributed by atoms with Crippen molar-refractivity contribution in [3.8, 4) is 0 Å². The zero-order valence-corrected chi connectivity index (χ0v) is 11.1. The third-order valence-corrected chi connectivity index (χ3v) is 1.17. The summed E-state index contributed by atoms with van der Waals surface area (Å²) >= 11 is 0. The first-order chi connectivity index (χ1) is 8.00. The molecule has 0 unspecified atom stereocenters. The summed E-state index contributed by atoms with van der Waals surface area (Å²) in [7, 11) is 1.00. The molecule has 1 aliphatic heterocycles. The van der Waals surface area contributed by atoms with Gasteiger partial charge in [-0.1, -0.05) is 0 Å². The van der Waals surface area contributed by atoms with E-state index in [2.05, 4.69) is 4.74 Å². The quantitative estimate of drug-likeness (QED) is 0.678. The predicted molar refractivity (Wildman–Crippen MR) is 63.8 cm³/mol. The maximum Gasteiger partial charge on any atom is 0.302 e. The Kier molecular flexibility index (Phi) is 25.3. The summed E-state index contributed by atoms with van der Waals surface area (Å²) in [4.78, 5) is 18.8. The highest BCUT2D eigenvalue weighted by Crippen LogP contribution is 1.98. The van der Waals surface area contributed by atoms with Crippen LogP contribution < -0.4 is 0 Å². The van der Waals surface area contributed by atoms with Gasteiger partial charge in [0.2, 0.25) is 0 Å². The predicted octanol–water partition coefficient (Wildman–Crippen LogP) is 1.07. The smallest absolute Gasteiger partial charge is 0.302 e. The highest BCUT2D eigenvalue weighted by Gasteiger charge is 1.94. The molecule has 104 valence electrons. The number of ether oxygens (including phenoxy) is 2. The molecule has 6 heteroatoms. The summed E-state index contributed by atoms with van der Waals surface area (Å²) in [5, 5.41) is 14.4. The van der Waals surface area contributed by atoms with Crippen molar-refractivity contribution < 1.29 is 29.3 Å². The minimum absolute atomic E-state index is 0.211. The Bertz CT molecular complexity index is 154. The molecule has 0 amide bonds. The first-order valence-electron chi connectivity index (χ1n) is 5.36. The monoisotopic (exact) mass is 252 g/mol. The molecule has 0 aliphatic carbocycles. The third kappa shape index (κ3) is 52.2. The summed E-state index contributed by atoms with van der Waals surface area (Å²) < 4.78 is 9.35. The van der Waals surface area contributed by atoms with E-state index < -0.39 is 5.97 Å². The maximum absolute atomic E-state index is 9.82. The fourth-order valence-corrected chi connectivity index (χ4v) is 0.714. The summed E-state index contributed by atoms with van der Waals surface area (Å²) in [6, 6.07) is 0. The zero-order chi connectivity index (χ0) is 14.1. The van der Waals surface area contributed by atoms with Gasteiger partial charge < -0.3 is 19.7 Å². The van der Waals surface area contributed by atoms with Crippen LogP contribution in [0.3, 0.4) is 0 Å². The Balaban J connectivity index is -0.000000164. The molecular formula is C11H24O6. The number of hydrogen-bond acceptors (Lipinski definition) is 5. The lowest BCUT2D eigenvalue weighted by Crippen LogP contribution is -1.95. The Morgan fingerprint density at radius 1 is 1.18 bits per heavy atom. The topological polar surface area (TPSA) is 93.1 Å². The van der Waals surface area contributed by atoms with E-state index in [-0.39, 0.29) is 5.97 Å².